The van der Waals surface area contributed by atoms with Crippen molar-refractivity contribution in [2.45, 2.75) is 12.2 Å². The summed E-state index contributed by atoms with van der Waals surface area (Å²) in [7, 11) is 0. The van der Waals surface area contributed by atoms with Crippen LogP contribution in [0, 0.1) is 0 Å². The summed E-state index contributed by atoms with van der Waals surface area (Å²) in [4.78, 5) is 0. The van der Waals surface area contributed by atoms with Crippen LogP contribution >= 0.6 is 0 Å². The molecule has 1 N–H and O–H groups in total. The van der Waals surface area contributed by atoms with Crippen molar-refractivity contribution in [2.24, 2.45) is 0 Å². The van der Waals surface area contributed by atoms with Gasteiger partial charge >= 0.3 is 0 Å². The summed E-state index contributed by atoms with van der Waals surface area (Å²) in [6, 6.07) is 9.49. The zero-order valence-corrected chi connectivity index (χ0v) is 9.58. The Kier molecular flexibility index (Phi) is 3.49. The highest BCUT2D eigenvalue weighted by molar-refractivity contribution is 7.78. The van der Waals surface area contributed by atoms with E-state index >= 15 is 0 Å². The molecule has 0 aliphatic rings. The van der Waals surface area contributed by atoms with Crippen LogP contribution in [0.1, 0.15) is 17.6 Å². The van der Waals surface area contributed by atoms with Gasteiger partial charge in [-0.05, 0) is 22.4 Å². The van der Waals surface area contributed by atoms with E-state index in [2.05, 4.69) is 0 Å². The summed E-state index contributed by atoms with van der Waals surface area (Å²) in [5.41, 5.74) is 0.694. The molecule has 1 unspecified atom stereocenters. The van der Waals surface area contributed by atoms with Gasteiger partial charge in [-0.1, -0.05) is 30.3 Å². The Morgan fingerprint density at radius 3 is 2.41 bits per heavy atom. The summed E-state index contributed by atoms with van der Waals surface area (Å²) in [6.45, 7) is 0. The Morgan fingerprint density at radius 1 is 1.12 bits per heavy atom. The average Bonchev–Trinajstić information content (AvgIpc) is 2.27. The molecule has 0 aliphatic heterocycles. The van der Waals surface area contributed by atoms with Crippen molar-refractivity contribution < 1.29 is 17.5 Å². The SMILES string of the molecule is O=S(O)Cc1ccc2cc(C(F)F)ccc2c1. The van der Waals surface area contributed by atoms with E-state index in [1.807, 2.05) is 0 Å². The summed E-state index contributed by atoms with van der Waals surface area (Å²) in [5.74, 6) is 0.0482. The molecular formula is C12H10F2O2S. The van der Waals surface area contributed by atoms with Gasteiger partial charge in [-0.3, -0.25) is 0 Å². The molecule has 0 amide bonds. The third kappa shape index (κ3) is 2.87. The van der Waals surface area contributed by atoms with Gasteiger partial charge in [0, 0.05) is 5.56 Å². The molecule has 0 fully saturated rings. The minimum atomic E-state index is -2.48. The number of fused-ring (bicyclic) bond motifs is 1. The average molecular weight is 256 g/mol. The number of halogens is 2. The van der Waals surface area contributed by atoms with Gasteiger partial charge in [0.25, 0.3) is 6.43 Å². The molecular weight excluding hydrogens is 246 g/mol. The van der Waals surface area contributed by atoms with Gasteiger partial charge in [0.05, 0.1) is 5.75 Å². The lowest BCUT2D eigenvalue weighted by Crippen LogP contribution is -1.93. The second kappa shape index (κ2) is 4.89. The standard InChI is InChI=1S/C12H10F2O2S/c13-12(14)11-4-3-9-5-8(7-17(15)16)1-2-10(9)6-11/h1-6,12H,7H2,(H,15,16). The lowest BCUT2D eigenvalue weighted by molar-refractivity contribution is 0.151. The molecule has 0 saturated heterocycles. The number of alkyl halides is 2. The van der Waals surface area contributed by atoms with Crippen molar-refractivity contribution in [1.29, 1.82) is 0 Å². The van der Waals surface area contributed by atoms with Crippen LogP contribution < -0.4 is 0 Å². The second-order valence-corrected chi connectivity index (χ2v) is 4.64. The normalized spacial score (nSPS) is 13.2. The first-order valence-corrected chi connectivity index (χ1v) is 6.22. The highest BCUT2D eigenvalue weighted by Crippen LogP contribution is 2.24. The maximum absolute atomic E-state index is 12.5. The maximum atomic E-state index is 12.5. The fourth-order valence-corrected chi connectivity index (χ4v) is 2.15. The van der Waals surface area contributed by atoms with Crippen molar-refractivity contribution in [1.82, 2.24) is 0 Å². The van der Waals surface area contributed by atoms with E-state index in [0.717, 1.165) is 5.39 Å². The quantitative estimate of drug-likeness (QED) is 0.853. The first-order valence-electron chi connectivity index (χ1n) is 4.94. The molecule has 2 rings (SSSR count). The number of hydrogen-bond acceptors (Lipinski definition) is 1. The molecule has 0 aromatic heterocycles. The molecule has 0 spiro atoms. The fraction of sp³-hybridized carbons (Fsp3) is 0.167. The van der Waals surface area contributed by atoms with Crippen LogP contribution in [-0.4, -0.2) is 8.76 Å². The molecule has 0 radical (unpaired) electrons. The van der Waals surface area contributed by atoms with E-state index in [0.29, 0.717) is 10.9 Å². The van der Waals surface area contributed by atoms with E-state index < -0.39 is 17.5 Å². The van der Waals surface area contributed by atoms with Crippen LogP contribution in [-0.2, 0) is 16.8 Å². The molecule has 90 valence electrons. The molecule has 1 atom stereocenters. The third-order valence-corrected chi connectivity index (χ3v) is 3.05. The lowest BCUT2D eigenvalue weighted by Gasteiger charge is -2.04. The third-order valence-electron chi connectivity index (χ3n) is 2.47. The van der Waals surface area contributed by atoms with E-state index in [-0.39, 0.29) is 11.3 Å². The molecule has 17 heavy (non-hydrogen) atoms. The molecule has 0 aliphatic carbocycles. The van der Waals surface area contributed by atoms with Crippen molar-refractivity contribution in [3.63, 3.8) is 0 Å². The summed E-state index contributed by atoms with van der Waals surface area (Å²) in [5, 5.41) is 1.49. The highest BCUT2D eigenvalue weighted by atomic mass is 32.2. The van der Waals surface area contributed by atoms with E-state index in [9.17, 15) is 13.0 Å². The predicted molar refractivity (Wildman–Crippen MR) is 63.4 cm³/mol. The van der Waals surface area contributed by atoms with Crippen molar-refractivity contribution in [2.75, 3.05) is 0 Å². The van der Waals surface area contributed by atoms with Gasteiger partial charge in [-0.25, -0.2) is 13.0 Å². The topological polar surface area (TPSA) is 37.3 Å². The van der Waals surface area contributed by atoms with Crippen molar-refractivity contribution in [3.05, 3.63) is 47.5 Å². The zero-order valence-electron chi connectivity index (χ0n) is 8.77. The van der Waals surface area contributed by atoms with E-state index in [1.165, 1.54) is 12.1 Å². The predicted octanol–water partition coefficient (Wildman–Crippen LogP) is 3.50. The molecule has 0 saturated carbocycles. The van der Waals surface area contributed by atoms with Gasteiger partial charge < -0.3 is 4.55 Å². The number of hydrogen-bond donors (Lipinski definition) is 1. The highest BCUT2D eigenvalue weighted by Gasteiger charge is 2.07. The fourth-order valence-electron chi connectivity index (χ4n) is 1.68. The first kappa shape index (κ1) is 12.1. The van der Waals surface area contributed by atoms with Gasteiger partial charge in [-0.2, -0.15) is 0 Å². The Labute approximate surface area is 99.6 Å². The molecule has 0 heterocycles. The van der Waals surface area contributed by atoms with Crippen LogP contribution in [0.2, 0.25) is 0 Å². The Bertz CT molecular complexity index is 569. The zero-order chi connectivity index (χ0) is 12.4. The van der Waals surface area contributed by atoms with Crippen molar-refractivity contribution in [3.8, 4) is 0 Å². The Morgan fingerprint density at radius 2 is 1.76 bits per heavy atom. The molecule has 2 aromatic rings. The Balaban J connectivity index is 2.43. The van der Waals surface area contributed by atoms with E-state index in [4.69, 9.17) is 4.55 Å². The maximum Gasteiger partial charge on any atom is 0.263 e. The summed E-state index contributed by atoms with van der Waals surface area (Å²) in [6.07, 6.45) is -2.48. The second-order valence-electron chi connectivity index (χ2n) is 3.71. The van der Waals surface area contributed by atoms with Crippen LogP contribution in [0.5, 0.6) is 0 Å². The number of benzene rings is 2. The summed E-state index contributed by atoms with van der Waals surface area (Å²) >= 11 is -1.89. The molecule has 5 heteroatoms. The van der Waals surface area contributed by atoms with Crippen LogP contribution in [0.15, 0.2) is 36.4 Å². The Hall–Kier alpha value is -1.33. The largest absolute Gasteiger partial charge is 0.306 e. The molecule has 0 bridgehead atoms. The van der Waals surface area contributed by atoms with Crippen LogP contribution in [0.25, 0.3) is 10.8 Å². The lowest BCUT2D eigenvalue weighted by atomic mass is 10.1. The van der Waals surface area contributed by atoms with Gasteiger partial charge in [0.2, 0.25) is 0 Å². The van der Waals surface area contributed by atoms with Gasteiger partial charge in [0.15, 0.2) is 11.1 Å². The smallest absolute Gasteiger partial charge is 0.263 e. The van der Waals surface area contributed by atoms with Crippen molar-refractivity contribution >= 4 is 21.9 Å². The van der Waals surface area contributed by atoms with Gasteiger partial charge in [-0.15, -0.1) is 0 Å². The van der Waals surface area contributed by atoms with E-state index in [1.54, 1.807) is 24.3 Å². The van der Waals surface area contributed by atoms with Crippen LogP contribution in [0.4, 0.5) is 8.78 Å². The molecule has 2 aromatic carbocycles. The first-order chi connectivity index (χ1) is 8.06. The monoisotopic (exact) mass is 256 g/mol. The van der Waals surface area contributed by atoms with Crippen LogP contribution in [0.3, 0.4) is 0 Å². The minimum Gasteiger partial charge on any atom is -0.306 e. The minimum absolute atomic E-state index is 0.0176. The number of rotatable bonds is 3. The summed E-state index contributed by atoms with van der Waals surface area (Å²) < 4.78 is 44.4. The molecule has 2 nitrogen and oxygen atoms in total. The van der Waals surface area contributed by atoms with Gasteiger partial charge in [0.1, 0.15) is 0 Å².